The van der Waals surface area contributed by atoms with E-state index in [4.69, 9.17) is 0 Å². The van der Waals surface area contributed by atoms with Gasteiger partial charge in [-0.2, -0.15) is 5.10 Å². The Kier molecular flexibility index (Phi) is 5.14. The first-order chi connectivity index (χ1) is 12.2. The predicted octanol–water partition coefficient (Wildman–Crippen LogP) is 3.17. The van der Waals surface area contributed by atoms with Gasteiger partial charge in [0.15, 0.2) is 5.71 Å². The molecule has 0 spiro atoms. The summed E-state index contributed by atoms with van der Waals surface area (Å²) in [7, 11) is 1.87. The van der Waals surface area contributed by atoms with E-state index in [-0.39, 0.29) is 5.91 Å². The number of hydrogen-bond donors (Lipinski definition) is 0. The van der Waals surface area contributed by atoms with E-state index in [1.165, 1.54) is 0 Å². The Morgan fingerprint density at radius 2 is 1.60 bits per heavy atom. The molecule has 2 aromatic carbocycles. The first kappa shape index (κ1) is 17.2. The van der Waals surface area contributed by atoms with Crippen LogP contribution in [-0.2, 0) is 4.79 Å². The van der Waals surface area contributed by atoms with Crippen LogP contribution in [0.25, 0.3) is 0 Å². The summed E-state index contributed by atoms with van der Waals surface area (Å²) in [5, 5.41) is 6.37. The zero-order valence-corrected chi connectivity index (χ0v) is 15.0. The van der Waals surface area contributed by atoms with Gasteiger partial charge in [-0.1, -0.05) is 50.2 Å². The van der Waals surface area contributed by atoms with Crippen LogP contribution >= 0.6 is 0 Å². The minimum absolute atomic E-state index is 0.0455. The molecular weight excluding hydrogens is 312 g/mol. The predicted molar refractivity (Wildman–Crippen MR) is 103 cm³/mol. The number of hydrogen-bond acceptors (Lipinski definition) is 4. The van der Waals surface area contributed by atoms with Crippen LogP contribution in [0.2, 0.25) is 0 Å². The molecule has 2 aromatic rings. The van der Waals surface area contributed by atoms with E-state index in [9.17, 15) is 4.79 Å². The van der Waals surface area contributed by atoms with Crippen LogP contribution in [0, 0.1) is 0 Å². The molecule has 0 N–H and O–H groups in total. The van der Waals surface area contributed by atoms with Crippen molar-refractivity contribution in [3.8, 4) is 0 Å². The van der Waals surface area contributed by atoms with Gasteiger partial charge in [0.05, 0.1) is 18.0 Å². The van der Waals surface area contributed by atoms with E-state index in [0.717, 1.165) is 30.0 Å². The van der Waals surface area contributed by atoms with Gasteiger partial charge in [0, 0.05) is 12.6 Å². The molecule has 0 saturated carbocycles. The molecule has 130 valence electrons. The second-order valence-corrected chi connectivity index (χ2v) is 6.00. The van der Waals surface area contributed by atoms with Gasteiger partial charge in [0.25, 0.3) is 5.91 Å². The maximum absolute atomic E-state index is 13.0. The third-order valence-electron chi connectivity index (χ3n) is 4.51. The molecule has 0 atom stereocenters. The number of carbonyl (C=O) groups excluding carboxylic acids is 1. The van der Waals surface area contributed by atoms with Gasteiger partial charge < -0.3 is 0 Å². The smallest absolute Gasteiger partial charge is 0.280 e. The minimum Gasteiger partial charge on any atom is -0.293 e. The van der Waals surface area contributed by atoms with Gasteiger partial charge in [0.2, 0.25) is 0 Å². The van der Waals surface area contributed by atoms with Crippen molar-refractivity contribution >= 4 is 23.0 Å². The lowest BCUT2D eigenvalue weighted by Gasteiger charge is -2.25. The van der Waals surface area contributed by atoms with E-state index in [1.54, 1.807) is 5.01 Å². The number of carbonyl (C=O) groups is 1. The van der Waals surface area contributed by atoms with E-state index in [1.807, 2.05) is 66.5 Å². The van der Waals surface area contributed by atoms with Crippen molar-refractivity contribution in [2.24, 2.45) is 5.10 Å². The second kappa shape index (κ2) is 7.49. The zero-order chi connectivity index (χ0) is 17.8. The van der Waals surface area contributed by atoms with Gasteiger partial charge >= 0.3 is 0 Å². The van der Waals surface area contributed by atoms with E-state index >= 15 is 0 Å². The molecule has 1 heterocycles. The van der Waals surface area contributed by atoms with Crippen LogP contribution in [0.3, 0.4) is 0 Å². The van der Waals surface area contributed by atoms with Crippen molar-refractivity contribution in [2.75, 3.05) is 36.7 Å². The molecule has 1 aliphatic heterocycles. The zero-order valence-electron chi connectivity index (χ0n) is 15.0. The Morgan fingerprint density at radius 3 is 2.28 bits per heavy atom. The van der Waals surface area contributed by atoms with Crippen molar-refractivity contribution in [2.45, 2.75) is 13.8 Å². The van der Waals surface area contributed by atoms with E-state index < -0.39 is 0 Å². The average molecular weight is 336 g/mol. The summed E-state index contributed by atoms with van der Waals surface area (Å²) >= 11 is 0. The normalized spacial score (nSPS) is 15.1. The van der Waals surface area contributed by atoms with Gasteiger partial charge in [-0.15, -0.1) is 0 Å². The summed E-state index contributed by atoms with van der Waals surface area (Å²) in [5.74, 6) is -0.0455. The third-order valence-corrected chi connectivity index (χ3v) is 4.51. The average Bonchev–Trinajstić information content (AvgIpc) is 2.92. The molecule has 0 unspecified atom stereocenters. The molecule has 0 saturated heterocycles. The van der Waals surface area contributed by atoms with Crippen LogP contribution in [-0.4, -0.2) is 43.3 Å². The van der Waals surface area contributed by atoms with E-state index in [2.05, 4.69) is 23.8 Å². The van der Waals surface area contributed by atoms with Crippen molar-refractivity contribution in [1.29, 1.82) is 0 Å². The number of nitrogens with zero attached hydrogens (tertiary/aromatic N) is 4. The van der Waals surface area contributed by atoms with Gasteiger partial charge in [-0.05, 0) is 31.3 Å². The molecule has 1 amide bonds. The number of para-hydroxylation sites is 2. The molecule has 0 aromatic heterocycles. The lowest BCUT2D eigenvalue weighted by Crippen LogP contribution is -2.41. The molecule has 25 heavy (non-hydrogen) atoms. The maximum Gasteiger partial charge on any atom is 0.280 e. The van der Waals surface area contributed by atoms with Crippen LogP contribution in [0.1, 0.15) is 19.4 Å². The number of anilines is 2. The van der Waals surface area contributed by atoms with Crippen LogP contribution in [0.4, 0.5) is 11.4 Å². The topological polar surface area (TPSA) is 39.1 Å². The fraction of sp³-hybridized carbons (Fsp3) is 0.300. The molecule has 5 nitrogen and oxygen atoms in total. The van der Waals surface area contributed by atoms with Crippen molar-refractivity contribution < 1.29 is 4.79 Å². The highest BCUT2D eigenvalue weighted by molar-refractivity contribution is 6.54. The highest BCUT2D eigenvalue weighted by Gasteiger charge is 2.34. The number of rotatable bonds is 6. The summed E-state index contributed by atoms with van der Waals surface area (Å²) in [5.41, 5.74) is 3.26. The number of benzene rings is 2. The van der Waals surface area contributed by atoms with Crippen LogP contribution in [0.5, 0.6) is 0 Å². The number of amides is 1. The van der Waals surface area contributed by atoms with Crippen molar-refractivity contribution in [1.82, 2.24) is 4.90 Å². The third kappa shape index (κ3) is 3.42. The highest BCUT2D eigenvalue weighted by atomic mass is 16.2. The SMILES string of the molecule is CCN(CC)CN1C(=O)/C(=N\N(C)c2ccccc2)c2ccccc21. The number of fused-ring (bicyclic) bond motifs is 1. The summed E-state index contributed by atoms with van der Waals surface area (Å²) in [6.45, 7) is 6.59. The maximum atomic E-state index is 13.0. The highest BCUT2D eigenvalue weighted by Crippen LogP contribution is 2.30. The quantitative estimate of drug-likeness (QED) is 0.761. The molecular formula is C20H24N4O. The Morgan fingerprint density at radius 1 is 0.960 bits per heavy atom. The molecule has 0 fully saturated rings. The second-order valence-electron chi connectivity index (χ2n) is 6.00. The lowest BCUT2D eigenvalue weighted by molar-refractivity contribution is -0.112. The lowest BCUT2D eigenvalue weighted by atomic mass is 10.1. The first-order valence-corrected chi connectivity index (χ1v) is 8.66. The summed E-state index contributed by atoms with van der Waals surface area (Å²) in [4.78, 5) is 17.1. The Labute approximate surface area is 149 Å². The molecule has 0 radical (unpaired) electrons. The van der Waals surface area contributed by atoms with Crippen molar-refractivity contribution in [3.63, 3.8) is 0 Å². The Bertz CT molecular complexity index is 768. The number of hydrazone groups is 1. The monoisotopic (exact) mass is 336 g/mol. The minimum atomic E-state index is -0.0455. The van der Waals surface area contributed by atoms with Crippen LogP contribution in [0.15, 0.2) is 59.7 Å². The summed E-state index contributed by atoms with van der Waals surface area (Å²) in [6.07, 6.45) is 0. The molecule has 1 aliphatic rings. The molecule has 3 rings (SSSR count). The fourth-order valence-electron chi connectivity index (χ4n) is 2.97. The first-order valence-electron chi connectivity index (χ1n) is 8.66. The van der Waals surface area contributed by atoms with Gasteiger partial charge in [-0.25, -0.2) is 0 Å². The van der Waals surface area contributed by atoms with E-state index in [0.29, 0.717) is 12.4 Å². The largest absolute Gasteiger partial charge is 0.293 e. The van der Waals surface area contributed by atoms with Gasteiger partial charge in [0.1, 0.15) is 0 Å². The molecule has 0 bridgehead atoms. The summed E-state index contributed by atoms with van der Waals surface area (Å²) < 4.78 is 0. The molecule has 0 aliphatic carbocycles. The standard InChI is InChI=1S/C20H24N4O/c1-4-23(5-2)15-24-18-14-10-9-13-17(18)19(20(24)25)21-22(3)16-11-7-6-8-12-16/h6-14H,4-5,15H2,1-3H3/b21-19-. The fourth-order valence-corrected chi connectivity index (χ4v) is 2.97. The Balaban J connectivity index is 1.95. The summed E-state index contributed by atoms with van der Waals surface area (Å²) in [6, 6.07) is 17.7. The van der Waals surface area contributed by atoms with Crippen LogP contribution < -0.4 is 9.91 Å². The Hall–Kier alpha value is -2.66. The molecule has 5 heteroatoms. The van der Waals surface area contributed by atoms with Gasteiger partial charge in [-0.3, -0.25) is 19.6 Å². The van der Waals surface area contributed by atoms with Crippen molar-refractivity contribution in [3.05, 3.63) is 60.2 Å².